The first-order chi connectivity index (χ1) is 11.1. The Morgan fingerprint density at radius 3 is 2.83 bits per heavy atom. The van der Waals surface area contributed by atoms with Crippen LogP contribution in [0.2, 0.25) is 0 Å². The van der Waals surface area contributed by atoms with Crippen molar-refractivity contribution in [1.82, 2.24) is 15.2 Å². The molecular weight excluding hydrogens is 294 g/mol. The number of aromatic nitrogens is 1. The van der Waals surface area contributed by atoms with Crippen LogP contribution in [0.3, 0.4) is 0 Å². The van der Waals surface area contributed by atoms with Crippen LogP contribution in [0.1, 0.15) is 31.7 Å². The fourth-order valence-electron chi connectivity index (χ4n) is 2.96. The van der Waals surface area contributed by atoms with Gasteiger partial charge < -0.3 is 15.3 Å². The van der Waals surface area contributed by atoms with Gasteiger partial charge in [0.25, 0.3) is 0 Å². The Balaban J connectivity index is 1.92. The molecule has 1 saturated heterocycles. The number of amides is 1. The molecule has 23 heavy (non-hydrogen) atoms. The van der Waals surface area contributed by atoms with E-state index in [1.54, 1.807) is 12.4 Å². The molecule has 0 aromatic carbocycles. The van der Waals surface area contributed by atoms with E-state index >= 15 is 0 Å². The molecule has 0 saturated carbocycles. The van der Waals surface area contributed by atoms with E-state index in [0.29, 0.717) is 26.1 Å². The SMILES string of the molecule is CCCCN1C[C@@H](C(=O)O)C[C@@H](C(=O)NCc2cccnc2)C1. The Labute approximate surface area is 136 Å². The standard InChI is InChI=1S/C17H25N3O3/c1-2-3-7-20-11-14(8-15(12-20)17(22)23)16(21)19-10-13-5-4-6-18-9-13/h4-6,9,14-15H,2-3,7-8,10-12H2,1H3,(H,19,21)(H,22,23)/t14-,15+/m1/s1. The molecule has 1 fully saturated rings. The van der Waals surface area contributed by atoms with Crippen molar-refractivity contribution in [2.75, 3.05) is 19.6 Å². The third-order valence-electron chi connectivity index (χ3n) is 4.26. The topological polar surface area (TPSA) is 82.5 Å². The molecule has 0 spiro atoms. The summed E-state index contributed by atoms with van der Waals surface area (Å²) in [6.45, 7) is 4.57. The van der Waals surface area contributed by atoms with Crippen LogP contribution in [-0.4, -0.2) is 46.5 Å². The van der Waals surface area contributed by atoms with E-state index in [4.69, 9.17) is 0 Å². The average molecular weight is 319 g/mol. The van der Waals surface area contributed by atoms with Gasteiger partial charge in [0.15, 0.2) is 0 Å². The first-order valence-corrected chi connectivity index (χ1v) is 8.22. The van der Waals surface area contributed by atoms with Crippen LogP contribution in [-0.2, 0) is 16.1 Å². The normalized spacial score (nSPS) is 21.8. The number of nitrogens with zero attached hydrogens (tertiary/aromatic N) is 2. The molecule has 1 amide bonds. The lowest BCUT2D eigenvalue weighted by Crippen LogP contribution is -2.48. The molecule has 1 aromatic rings. The molecule has 0 radical (unpaired) electrons. The fraction of sp³-hybridized carbons (Fsp3) is 0.588. The van der Waals surface area contributed by atoms with Gasteiger partial charge in [-0.25, -0.2) is 0 Å². The lowest BCUT2D eigenvalue weighted by Gasteiger charge is -2.35. The molecule has 1 aliphatic rings. The van der Waals surface area contributed by atoms with Crippen molar-refractivity contribution in [2.24, 2.45) is 11.8 Å². The van der Waals surface area contributed by atoms with Crippen LogP contribution >= 0.6 is 0 Å². The molecule has 2 atom stereocenters. The van der Waals surface area contributed by atoms with E-state index in [0.717, 1.165) is 24.9 Å². The molecular formula is C17H25N3O3. The monoisotopic (exact) mass is 319 g/mol. The summed E-state index contributed by atoms with van der Waals surface area (Å²) in [5.41, 5.74) is 0.939. The summed E-state index contributed by atoms with van der Waals surface area (Å²) < 4.78 is 0. The summed E-state index contributed by atoms with van der Waals surface area (Å²) in [5.74, 6) is -1.61. The summed E-state index contributed by atoms with van der Waals surface area (Å²) in [7, 11) is 0. The summed E-state index contributed by atoms with van der Waals surface area (Å²) in [5, 5.41) is 12.2. The van der Waals surface area contributed by atoms with Crippen molar-refractivity contribution in [1.29, 1.82) is 0 Å². The summed E-state index contributed by atoms with van der Waals surface area (Å²) in [6, 6.07) is 3.73. The summed E-state index contributed by atoms with van der Waals surface area (Å²) >= 11 is 0. The first-order valence-electron chi connectivity index (χ1n) is 8.22. The number of carboxylic acid groups (broad SMARTS) is 1. The van der Waals surface area contributed by atoms with E-state index in [-0.39, 0.29) is 11.8 Å². The number of piperidine rings is 1. The molecule has 2 rings (SSSR count). The van der Waals surface area contributed by atoms with E-state index in [1.807, 2.05) is 12.1 Å². The second-order valence-corrected chi connectivity index (χ2v) is 6.16. The lowest BCUT2D eigenvalue weighted by atomic mass is 9.88. The molecule has 0 aliphatic carbocycles. The van der Waals surface area contributed by atoms with Crippen LogP contribution in [0, 0.1) is 11.8 Å². The minimum atomic E-state index is -0.809. The Bertz CT molecular complexity index is 521. The van der Waals surface area contributed by atoms with Crippen molar-refractivity contribution >= 4 is 11.9 Å². The number of nitrogens with one attached hydrogen (secondary N) is 1. The number of aliphatic carboxylic acids is 1. The zero-order valence-electron chi connectivity index (χ0n) is 13.6. The zero-order valence-corrected chi connectivity index (χ0v) is 13.6. The maximum Gasteiger partial charge on any atom is 0.307 e. The van der Waals surface area contributed by atoms with Gasteiger partial charge >= 0.3 is 5.97 Å². The molecule has 1 aromatic heterocycles. The number of likely N-dealkylation sites (tertiary alicyclic amines) is 1. The van der Waals surface area contributed by atoms with Gasteiger partial charge in [0.2, 0.25) is 5.91 Å². The highest BCUT2D eigenvalue weighted by Gasteiger charge is 2.34. The summed E-state index contributed by atoms with van der Waals surface area (Å²) in [4.78, 5) is 29.9. The number of hydrogen-bond acceptors (Lipinski definition) is 4. The number of pyridine rings is 1. The van der Waals surface area contributed by atoms with E-state index in [1.165, 1.54) is 0 Å². The van der Waals surface area contributed by atoms with E-state index in [9.17, 15) is 14.7 Å². The number of carbonyl (C=O) groups excluding carboxylic acids is 1. The fourth-order valence-corrected chi connectivity index (χ4v) is 2.96. The van der Waals surface area contributed by atoms with E-state index in [2.05, 4.69) is 22.1 Å². The second-order valence-electron chi connectivity index (χ2n) is 6.16. The maximum atomic E-state index is 12.4. The molecule has 1 aliphatic heterocycles. The lowest BCUT2D eigenvalue weighted by molar-refractivity contribution is -0.145. The predicted octanol–water partition coefficient (Wildman–Crippen LogP) is 1.52. The van der Waals surface area contributed by atoms with Crippen molar-refractivity contribution in [2.45, 2.75) is 32.7 Å². The molecule has 126 valence electrons. The second kappa shape index (κ2) is 8.62. The molecule has 6 heteroatoms. The average Bonchev–Trinajstić information content (AvgIpc) is 2.58. The molecule has 2 heterocycles. The third-order valence-corrected chi connectivity index (χ3v) is 4.26. The highest BCUT2D eigenvalue weighted by atomic mass is 16.4. The number of rotatable bonds is 7. The van der Waals surface area contributed by atoms with Gasteiger partial charge in [-0.1, -0.05) is 19.4 Å². The first kappa shape index (κ1) is 17.4. The zero-order chi connectivity index (χ0) is 16.7. The van der Waals surface area contributed by atoms with Gasteiger partial charge in [-0.3, -0.25) is 14.6 Å². The predicted molar refractivity (Wildman–Crippen MR) is 86.7 cm³/mol. The Morgan fingerprint density at radius 2 is 2.17 bits per heavy atom. The van der Waals surface area contributed by atoms with Gasteiger partial charge in [-0.05, 0) is 31.0 Å². The van der Waals surface area contributed by atoms with Crippen molar-refractivity contribution in [3.05, 3.63) is 30.1 Å². The van der Waals surface area contributed by atoms with Crippen molar-refractivity contribution in [3.63, 3.8) is 0 Å². The van der Waals surface area contributed by atoms with Gasteiger partial charge in [0.1, 0.15) is 0 Å². The number of unbranched alkanes of at least 4 members (excludes halogenated alkanes) is 1. The minimum absolute atomic E-state index is 0.0682. The molecule has 2 N–H and O–H groups in total. The van der Waals surface area contributed by atoms with Gasteiger partial charge in [-0.2, -0.15) is 0 Å². The Morgan fingerprint density at radius 1 is 1.39 bits per heavy atom. The number of carbonyl (C=O) groups is 2. The number of carboxylic acids is 1. The van der Waals surface area contributed by atoms with E-state index < -0.39 is 11.9 Å². The highest BCUT2D eigenvalue weighted by Crippen LogP contribution is 2.23. The maximum absolute atomic E-state index is 12.4. The molecule has 0 bridgehead atoms. The largest absolute Gasteiger partial charge is 0.481 e. The van der Waals surface area contributed by atoms with Crippen LogP contribution in [0.25, 0.3) is 0 Å². The van der Waals surface area contributed by atoms with Crippen LogP contribution in [0.15, 0.2) is 24.5 Å². The van der Waals surface area contributed by atoms with Crippen LogP contribution in [0.4, 0.5) is 0 Å². The third kappa shape index (κ3) is 5.32. The summed E-state index contributed by atoms with van der Waals surface area (Å²) in [6.07, 6.45) is 5.91. The van der Waals surface area contributed by atoms with Crippen LogP contribution in [0.5, 0.6) is 0 Å². The van der Waals surface area contributed by atoms with Crippen molar-refractivity contribution < 1.29 is 14.7 Å². The Kier molecular flexibility index (Phi) is 6.52. The molecule has 6 nitrogen and oxygen atoms in total. The smallest absolute Gasteiger partial charge is 0.307 e. The van der Waals surface area contributed by atoms with Gasteiger partial charge in [0, 0.05) is 32.0 Å². The Hall–Kier alpha value is -1.95. The molecule has 0 unspecified atom stereocenters. The van der Waals surface area contributed by atoms with Gasteiger partial charge in [0.05, 0.1) is 11.8 Å². The van der Waals surface area contributed by atoms with Crippen molar-refractivity contribution in [3.8, 4) is 0 Å². The number of hydrogen-bond donors (Lipinski definition) is 2. The highest BCUT2D eigenvalue weighted by molar-refractivity contribution is 5.80. The minimum Gasteiger partial charge on any atom is -0.481 e. The quantitative estimate of drug-likeness (QED) is 0.796. The van der Waals surface area contributed by atoms with Crippen LogP contribution < -0.4 is 5.32 Å². The van der Waals surface area contributed by atoms with Gasteiger partial charge in [-0.15, -0.1) is 0 Å².